The lowest BCUT2D eigenvalue weighted by atomic mass is 10.3. The van der Waals surface area contributed by atoms with Gasteiger partial charge in [-0.15, -0.1) is 11.3 Å². The van der Waals surface area contributed by atoms with Gasteiger partial charge < -0.3 is 9.88 Å². The fourth-order valence-corrected chi connectivity index (χ4v) is 3.43. The Morgan fingerprint density at radius 3 is 3.05 bits per heavy atom. The van der Waals surface area contributed by atoms with Gasteiger partial charge in [-0.3, -0.25) is 4.79 Å². The fourth-order valence-electron chi connectivity index (χ4n) is 2.55. The maximum absolute atomic E-state index is 12.2. The van der Waals surface area contributed by atoms with Crippen molar-refractivity contribution in [3.05, 3.63) is 47.5 Å². The topological polar surface area (TPSA) is 59.8 Å². The summed E-state index contributed by atoms with van der Waals surface area (Å²) in [6, 6.07) is 7.80. The molecule has 4 rings (SSSR count). The minimum atomic E-state index is -0.103. The number of aromatic nitrogens is 3. The van der Waals surface area contributed by atoms with E-state index < -0.39 is 0 Å². The molecule has 2 heterocycles. The molecule has 112 valence electrons. The molecule has 3 aromatic rings. The molecule has 6 heteroatoms. The van der Waals surface area contributed by atoms with Crippen LogP contribution in [0, 0.1) is 0 Å². The van der Waals surface area contributed by atoms with Crippen molar-refractivity contribution in [2.24, 2.45) is 0 Å². The number of para-hydroxylation sites is 1. The zero-order valence-corrected chi connectivity index (χ0v) is 12.8. The zero-order chi connectivity index (χ0) is 14.9. The van der Waals surface area contributed by atoms with Gasteiger partial charge in [0.05, 0.1) is 10.2 Å². The van der Waals surface area contributed by atoms with E-state index >= 15 is 0 Å². The van der Waals surface area contributed by atoms with Crippen molar-refractivity contribution in [3.8, 4) is 0 Å². The molecule has 1 amide bonds. The second-order valence-corrected chi connectivity index (χ2v) is 6.53. The van der Waals surface area contributed by atoms with Crippen molar-refractivity contribution >= 4 is 27.5 Å². The van der Waals surface area contributed by atoms with Crippen LogP contribution < -0.4 is 5.32 Å². The van der Waals surface area contributed by atoms with E-state index in [0.29, 0.717) is 17.5 Å². The Bertz CT molecular complexity index is 785. The summed E-state index contributed by atoms with van der Waals surface area (Å²) in [6.07, 6.45) is 6.28. The third-order valence-electron chi connectivity index (χ3n) is 3.82. The zero-order valence-electron chi connectivity index (χ0n) is 12.0. The molecule has 1 fully saturated rings. The number of carbonyl (C=O) groups is 1. The molecule has 0 spiro atoms. The highest BCUT2D eigenvalue weighted by atomic mass is 32.1. The number of hydrogen-bond acceptors (Lipinski definition) is 4. The van der Waals surface area contributed by atoms with Crippen LogP contribution in [0.2, 0.25) is 0 Å². The summed E-state index contributed by atoms with van der Waals surface area (Å²) in [5.74, 6) is 1.67. The van der Waals surface area contributed by atoms with Gasteiger partial charge in [-0.1, -0.05) is 12.1 Å². The maximum Gasteiger partial charge on any atom is 0.280 e. The lowest BCUT2D eigenvalue weighted by Crippen LogP contribution is -2.27. The number of fused-ring (bicyclic) bond motifs is 1. The summed E-state index contributed by atoms with van der Waals surface area (Å²) >= 11 is 1.43. The molecule has 2 aromatic heterocycles. The van der Waals surface area contributed by atoms with Crippen LogP contribution in [0.15, 0.2) is 36.7 Å². The Morgan fingerprint density at radius 1 is 1.36 bits per heavy atom. The molecule has 0 unspecified atom stereocenters. The lowest BCUT2D eigenvalue weighted by molar-refractivity contribution is 0.0952. The van der Waals surface area contributed by atoms with Gasteiger partial charge in [-0.05, 0) is 25.0 Å². The smallest absolute Gasteiger partial charge is 0.280 e. The van der Waals surface area contributed by atoms with E-state index in [2.05, 4.69) is 19.9 Å². The van der Waals surface area contributed by atoms with Gasteiger partial charge in [0.2, 0.25) is 0 Å². The van der Waals surface area contributed by atoms with E-state index in [9.17, 15) is 4.79 Å². The van der Waals surface area contributed by atoms with Crippen molar-refractivity contribution < 1.29 is 4.79 Å². The summed E-state index contributed by atoms with van der Waals surface area (Å²) in [5.41, 5.74) is 0.878. The summed E-state index contributed by atoms with van der Waals surface area (Å²) in [4.78, 5) is 21.0. The number of carbonyl (C=O) groups excluding carboxylic acids is 1. The number of benzene rings is 1. The molecule has 22 heavy (non-hydrogen) atoms. The summed E-state index contributed by atoms with van der Waals surface area (Å²) in [5, 5.41) is 3.47. The van der Waals surface area contributed by atoms with Crippen LogP contribution in [0.25, 0.3) is 10.2 Å². The first kappa shape index (κ1) is 13.5. The first-order chi connectivity index (χ1) is 10.8. The van der Waals surface area contributed by atoms with Crippen molar-refractivity contribution in [1.29, 1.82) is 0 Å². The number of hydrogen-bond donors (Lipinski definition) is 1. The Hall–Kier alpha value is -2.21. The highest BCUT2D eigenvalue weighted by Crippen LogP contribution is 2.38. The van der Waals surface area contributed by atoms with Gasteiger partial charge in [0.15, 0.2) is 5.01 Å². The molecule has 0 radical (unpaired) electrons. The quantitative estimate of drug-likeness (QED) is 0.788. The van der Waals surface area contributed by atoms with Crippen LogP contribution in [0.3, 0.4) is 0 Å². The van der Waals surface area contributed by atoms with E-state index in [-0.39, 0.29) is 5.91 Å². The van der Waals surface area contributed by atoms with Crippen LogP contribution in [0.4, 0.5) is 0 Å². The van der Waals surface area contributed by atoms with Crippen molar-refractivity contribution in [2.45, 2.75) is 25.3 Å². The van der Waals surface area contributed by atoms with Crippen molar-refractivity contribution in [2.75, 3.05) is 6.54 Å². The predicted octanol–water partition coefficient (Wildman–Crippen LogP) is 2.80. The largest absolute Gasteiger partial charge is 0.348 e. The van der Waals surface area contributed by atoms with Gasteiger partial charge in [0, 0.05) is 31.4 Å². The minimum absolute atomic E-state index is 0.103. The molecule has 0 saturated heterocycles. The molecule has 5 nitrogen and oxygen atoms in total. The van der Waals surface area contributed by atoms with Gasteiger partial charge in [-0.2, -0.15) is 0 Å². The number of thiazole rings is 1. The van der Waals surface area contributed by atoms with E-state index in [0.717, 1.165) is 22.6 Å². The molecule has 1 aliphatic rings. The molecular weight excluding hydrogens is 296 g/mol. The van der Waals surface area contributed by atoms with Crippen LogP contribution in [-0.2, 0) is 6.54 Å². The molecule has 0 atom stereocenters. The Balaban J connectivity index is 1.38. The Kier molecular flexibility index (Phi) is 3.38. The standard InChI is InChI=1S/C16H16N4OS/c21-15(16-19-12-3-1-2-4-13(12)22-16)18-8-10-20-9-7-17-14(20)11-5-6-11/h1-4,7,9,11H,5-6,8,10H2,(H,18,21). The van der Waals surface area contributed by atoms with Crippen LogP contribution >= 0.6 is 11.3 Å². The summed E-state index contributed by atoms with van der Waals surface area (Å²) in [6.45, 7) is 1.34. The van der Waals surface area contributed by atoms with E-state index in [1.807, 2.05) is 36.7 Å². The minimum Gasteiger partial charge on any atom is -0.348 e. The molecule has 1 aromatic carbocycles. The summed E-state index contributed by atoms with van der Waals surface area (Å²) < 4.78 is 3.18. The average molecular weight is 312 g/mol. The molecule has 1 saturated carbocycles. The van der Waals surface area contributed by atoms with Crippen LogP contribution in [-0.4, -0.2) is 27.0 Å². The van der Waals surface area contributed by atoms with Gasteiger partial charge in [0.1, 0.15) is 5.82 Å². The average Bonchev–Trinajstić information content (AvgIpc) is 3.11. The lowest BCUT2D eigenvalue weighted by Gasteiger charge is -2.07. The third kappa shape index (κ3) is 2.62. The fraction of sp³-hybridized carbons (Fsp3) is 0.312. The van der Waals surface area contributed by atoms with Crippen molar-refractivity contribution in [3.63, 3.8) is 0 Å². The maximum atomic E-state index is 12.2. The Labute approximate surface area is 132 Å². The normalized spacial score (nSPS) is 14.4. The van der Waals surface area contributed by atoms with Gasteiger partial charge in [-0.25, -0.2) is 9.97 Å². The monoisotopic (exact) mass is 312 g/mol. The molecule has 0 aliphatic heterocycles. The summed E-state index contributed by atoms with van der Waals surface area (Å²) in [7, 11) is 0. The molecule has 0 bridgehead atoms. The highest BCUT2D eigenvalue weighted by Gasteiger charge is 2.27. The molecule has 1 aliphatic carbocycles. The SMILES string of the molecule is O=C(NCCn1ccnc1C1CC1)c1nc2ccccc2s1. The van der Waals surface area contributed by atoms with Gasteiger partial charge in [0.25, 0.3) is 5.91 Å². The Morgan fingerprint density at radius 2 is 2.23 bits per heavy atom. The van der Waals surface area contributed by atoms with Crippen LogP contribution in [0.5, 0.6) is 0 Å². The number of amides is 1. The third-order valence-corrected chi connectivity index (χ3v) is 4.85. The van der Waals surface area contributed by atoms with Gasteiger partial charge >= 0.3 is 0 Å². The predicted molar refractivity (Wildman–Crippen MR) is 86.2 cm³/mol. The second kappa shape index (κ2) is 5.53. The molecular formula is C16H16N4OS. The number of nitrogens with one attached hydrogen (secondary N) is 1. The first-order valence-corrected chi connectivity index (χ1v) is 8.28. The number of imidazole rings is 1. The highest BCUT2D eigenvalue weighted by molar-refractivity contribution is 7.20. The van der Waals surface area contributed by atoms with Crippen LogP contribution in [0.1, 0.15) is 34.4 Å². The van der Waals surface area contributed by atoms with E-state index in [1.165, 1.54) is 24.2 Å². The molecule has 1 N–H and O–H groups in total. The van der Waals surface area contributed by atoms with E-state index in [4.69, 9.17) is 0 Å². The second-order valence-electron chi connectivity index (χ2n) is 5.50. The first-order valence-electron chi connectivity index (χ1n) is 7.46. The number of rotatable bonds is 5. The van der Waals surface area contributed by atoms with Crippen molar-refractivity contribution in [1.82, 2.24) is 19.9 Å². The van der Waals surface area contributed by atoms with E-state index in [1.54, 1.807) is 0 Å². The number of nitrogens with zero attached hydrogens (tertiary/aromatic N) is 3.